The van der Waals surface area contributed by atoms with Crippen molar-refractivity contribution in [3.05, 3.63) is 29.3 Å². The summed E-state index contributed by atoms with van der Waals surface area (Å²) >= 11 is 5.66. The van der Waals surface area contributed by atoms with E-state index in [9.17, 15) is 8.42 Å². The van der Waals surface area contributed by atoms with E-state index in [0.29, 0.717) is 10.8 Å². The molecule has 0 aliphatic rings. The second-order valence-electron chi connectivity index (χ2n) is 3.09. The summed E-state index contributed by atoms with van der Waals surface area (Å²) in [6.07, 6.45) is -1.17. The minimum atomic E-state index is -4.61. The minimum Gasteiger partial charge on any atom is -0.491 e. The van der Waals surface area contributed by atoms with Gasteiger partial charge in [0.15, 0.2) is 0 Å². The Morgan fingerprint density at radius 2 is 1.88 bits per heavy atom. The Kier molecular flexibility index (Phi) is 5.16. The molecule has 0 fully saturated rings. The Morgan fingerprint density at radius 1 is 1.29 bits per heavy atom. The number of hydrogen-bond acceptors (Lipinski definition) is 5. The maximum atomic E-state index is 10.4. The lowest BCUT2D eigenvalue weighted by Gasteiger charge is -2.13. The minimum absolute atomic E-state index is 0.224. The summed E-state index contributed by atoms with van der Waals surface area (Å²) in [5.74, 6) is 0.437. The number of benzene rings is 1. The zero-order valence-electron chi connectivity index (χ0n) is 8.61. The lowest BCUT2D eigenvalue weighted by molar-refractivity contribution is 0.0670. The summed E-state index contributed by atoms with van der Waals surface area (Å²) in [4.78, 5) is 0. The van der Waals surface area contributed by atoms with Gasteiger partial charge in [0.1, 0.15) is 18.5 Å². The van der Waals surface area contributed by atoms with Crippen LogP contribution in [0.2, 0.25) is 5.02 Å². The smallest absolute Gasteiger partial charge is 0.397 e. The molecule has 0 heterocycles. The molecule has 2 N–H and O–H groups in total. The maximum absolute atomic E-state index is 10.4. The van der Waals surface area contributed by atoms with Gasteiger partial charge in [0.2, 0.25) is 0 Å². The van der Waals surface area contributed by atoms with Gasteiger partial charge in [-0.1, -0.05) is 11.6 Å². The summed E-state index contributed by atoms with van der Waals surface area (Å²) in [7, 11) is -4.61. The maximum Gasteiger partial charge on any atom is 0.397 e. The molecular weight excluding hydrogens is 272 g/mol. The SMILES string of the molecule is O=S(=O)(O)OC(CO)COc1ccc(Cl)cc1. The highest BCUT2D eigenvalue weighted by Crippen LogP contribution is 2.15. The summed E-state index contributed by atoms with van der Waals surface area (Å²) < 4.78 is 38.5. The molecule has 17 heavy (non-hydrogen) atoms. The van der Waals surface area contributed by atoms with Crippen LogP contribution in [-0.2, 0) is 14.6 Å². The zero-order valence-corrected chi connectivity index (χ0v) is 10.2. The van der Waals surface area contributed by atoms with E-state index in [2.05, 4.69) is 4.18 Å². The van der Waals surface area contributed by atoms with Crippen molar-refractivity contribution in [1.29, 1.82) is 0 Å². The van der Waals surface area contributed by atoms with Gasteiger partial charge in [-0.25, -0.2) is 4.18 Å². The van der Waals surface area contributed by atoms with Crippen molar-refractivity contribution >= 4 is 22.0 Å². The van der Waals surface area contributed by atoms with Gasteiger partial charge >= 0.3 is 10.4 Å². The first-order valence-electron chi connectivity index (χ1n) is 4.55. The van der Waals surface area contributed by atoms with Gasteiger partial charge in [-0.2, -0.15) is 8.42 Å². The summed E-state index contributed by atoms with van der Waals surface area (Å²) in [6, 6.07) is 6.33. The fraction of sp³-hybridized carbons (Fsp3) is 0.333. The monoisotopic (exact) mass is 282 g/mol. The third kappa shape index (κ3) is 5.85. The van der Waals surface area contributed by atoms with E-state index in [1.165, 1.54) is 0 Å². The Bertz CT molecular complexity index is 443. The topological polar surface area (TPSA) is 93.1 Å². The predicted molar refractivity (Wildman–Crippen MR) is 60.5 cm³/mol. The Labute approximate surface area is 104 Å². The molecule has 6 nitrogen and oxygen atoms in total. The number of ether oxygens (including phenoxy) is 1. The molecule has 1 aromatic rings. The van der Waals surface area contributed by atoms with E-state index in [1.54, 1.807) is 24.3 Å². The Hall–Kier alpha value is -0.860. The van der Waals surface area contributed by atoms with Crippen LogP contribution in [0.15, 0.2) is 24.3 Å². The molecule has 8 heteroatoms. The number of rotatable bonds is 6. The Morgan fingerprint density at radius 3 is 2.35 bits per heavy atom. The molecule has 1 unspecified atom stereocenters. The van der Waals surface area contributed by atoms with Gasteiger partial charge in [-0.15, -0.1) is 0 Å². The highest BCUT2D eigenvalue weighted by molar-refractivity contribution is 7.80. The van der Waals surface area contributed by atoms with Crippen LogP contribution in [0.5, 0.6) is 5.75 Å². The van der Waals surface area contributed by atoms with Crippen LogP contribution < -0.4 is 4.74 Å². The standard InChI is InChI=1S/C9H11ClO6S/c10-7-1-3-8(4-2-7)15-6-9(5-11)16-17(12,13)14/h1-4,9,11H,5-6H2,(H,12,13,14). The van der Waals surface area contributed by atoms with Gasteiger partial charge in [0.05, 0.1) is 6.61 Å². The fourth-order valence-electron chi connectivity index (χ4n) is 1.00. The first-order valence-corrected chi connectivity index (χ1v) is 6.30. The Balaban J connectivity index is 2.50. The third-order valence-electron chi connectivity index (χ3n) is 1.71. The number of aliphatic hydroxyl groups is 1. The van der Waals surface area contributed by atoms with Crippen LogP contribution in [-0.4, -0.2) is 37.4 Å². The van der Waals surface area contributed by atoms with Crippen molar-refractivity contribution in [3.8, 4) is 5.75 Å². The molecular formula is C9H11ClO6S. The molecule has 0 bridgehead atoms. The van der Waals surface area contributed by atoms with E-state index in [1.807, 2.05) is 0 Å². The molecule has 0 aliphatic carbocycles. The third-order valence-corrected chi connectivity index (χ3v) is 2.48. The molecule has 1 atom stereocenters. The van der Waals surface area contributed by atoms with Crippen molar-refractivity contribution in [3.63, 3.8) is 0 Å². The highest BCUT2D eigenvalue weighted by Gasteiger charge is 2.17. The molecule has 1 rings (SSSR count). The largest absolute Gasteiger partial charge is 0.491 e. The summed E-state index contributed by atoms with van der Waals surface area (Å²) in [5.41, 5.74) is 0. The normalized spacial score (nSPS) is 13.4. The van der Waals surface area contributed by atoms with E-state index < -0.39 is 23.1 Å². The quantitative estimate of drug-likeness (QED) is 0.753. The lowest BCUT2D eigenvalue weighted by Crippen LogP contribution is -2.28. The first-order chi connectivity index (χ1) is 7.90. The number of halogens is 1. The van der Waals surface area contributed by atoms with Crippen molar-refractivity contribution in [2.45, 2.75) is 6.10 Å². The molecule has 0 saturated heterocycles. The van der Waals surface area contributed by atoms with Gasteiger partial charge in [-0.05, 0) is 24.3 Å². The van der Waals surface area contributed by atoms with Crippen LogP contribution in [0.25, 0.3) is 0 Å². The molecule has 0 aromatic heterocycles. The van der Waals surface area contributed by atoms with Crippen molar-refractivity contribution < 1.29 is 27.0 Å². The summed E-state index contributed by atoms with van der Waals surface area (Å²) in [5, 5.41) is 9.34. The molecule has 0 spiro atoms. The molecule has 0 saturated carbocycles. The highest BCUT2D eigenvalue weighted by atomic mass is 35.5. The van der Waals surface area contributed by atoms with E-state index in [0.717, 1.165) is 0 Å². The zero-order chi connectivity index (χ0) is 12.9. The van der Waals surface area contributed by atoms with Crippen molar-refractivity contribution in [2.24, 2.45) is 0 Å². The van der Waals surface area contributed by atoms with E-state index >= 15 is 0 Å². The second kappa shape index (κ2) is 6.18. The average Bonchev–Trinajstić information content (AvgIpc) is 2.25. The van der Waals surface area contributed by atoms with Crippen molar-refractivity contribution in [2.75, 3.05) is 13.2 Å². The molecule has 1 aromatic carbocycles. The number of hydrogen-bond donors (Lipinski definition) is 2. The fourth-order valence-corrected chi connectivity index (χ4v) is 1.59. The molecule has 0 aliphatic heterocycles. The average molecular weight is 283 g/mol. The van der Waals surface area contributed by atoms with Crippen LogP contribution in [0.4, 0.5) is 0 Å². The van der Waals surface area contributed by atoms with E-state index in [-0.39, 0.29) is 6.61 Å². The molecule has 96 valence electrons. The van der Waals surface area contributed by atoms with Crippen molar-refractivity contribution in [1.82, 2.24) is 0 Å². The summed E-state index contributed by atoms with van der Waals surface area (Å²) in [6.45, 7) is -0.828. The molecule has 0 amide bonds. The van der Waals surface area contributed by atoms with E-state index in [4.69, 9.17) is 26.0 Å². The lowest BCUT2D eigenvalue weighted by atomic mass is 10.3. The van der Waals surface area contributed by atoms with Gasteiger partial charge in [0.25, 0.3) is 0 Å². The van der Waals surface area contributed by atoms with Gasteiger partial charge in [-0.3, -0.25) is 4.55 Å². The predicted octanol–water partition coefficient (Wildman–Crippen LogP) is 0.899. The molecule has 0 radical (unpaired) electrons. The van der Waals surface area contributed by atoms with Crippen LogP contribution >= 0.6 is 11.6 Å². The first kappa shape index (κ1) is 14.2. The van der Waals surface area contributed by atoms with Gasteiger partial charge < -0.3 is 9.84 Å². The second-order valence-corrected chi connectivity index (χ2v) is 4.58. The van der Waals surface area contributed by atoms with Gasteiger partial charge in [0, 0.05) is 5.02 Å². The van der Waals surface area contributed by atoms with Crippen LogP contribution in [0, 0.1) is 0 Å². The van der Waals surface area contributed by atoms with Crippen LogP contribution in [0.1, 0.15) is 0 Å². The number of aliphatic hydroxyl groups excluding tert-OH is 1. The van der Waals surface area contributed by atoms with Crippen LogP contribution in [0.3, 0.4) is 0 Å².